The molecule has 0 bridgehead atoms. The Kier molecular flexibility index (Phi) is 6.11. The van der Waals surface area contributed by atoms with Gasteiger partial charge in [-0.1, -0.05) is 29.5 Å². The second-order valence-electron chi connectivity index (χ2n) is 8.18. The van der Waals surface area contributed by atoms with E-state index >= 15 is 0 Å². The van der Waals surface area contributed by atoms with E-state index < -0.39 is 0 Å². The maximum Gasteiger partial charge on any atom is 0.226 e. The molecule has 3 aromatic heterocycles. The van der Waals surface area contributed by atoms with Crippen molar-refractivity contribution in [3.05, 3.63) is 83.5 Å². The van der Waals surface area contributed by atoms with E-state index in [1.807, 2.05) is 48.8 Å². The van der Waals surface area contributed by atoms with E-state index in [-0.39, 0.29) is 0 Å². The quantitative estimate of drug-likeness (QED) is 0.248. The molecule has 0 atom stereocenters. The maximum atomic E-state index is 5.96. The third-order valence-electron chi connectivity index (χ3n) is 5.67. The average Bonchev–Trinajstić information content (AvgIpc) is 3.44. The number of rotatable bonds is 7. The lowest BCUT2D eigenvalue weighted by atomic mass is 10.0. The molecule has 0 aliphatic carbocycles. The molecule has 0 saturated heterocycles. The molecule has 5 rings (SSSR count). The first-order valence-electron chi connectivity index (χ1n) is 11.3. The van der Waals surface area contributed by atoms with Gasteiger partial charge in [-0.2, -0.15) is 5.10 Å². The lowest BCUT2D eigenvalue weighted by molar-refractivity contribution is 0.340. The molecule has 6 nitrogen and oxygen atoms in total. The summed E-state index contributed by atoms with van der Waals surface area (Å²) in [5.41, 5.74) is 7.34. The summed E-state index contributed by atoms with van der Waals surface area (Å²) in [6.07, 6.45) is 3.68. The van der Waals surface area contributed by atoms with Crippen LogP contribution in [0.15, 0.2) is 70.4 Å². The fourth-order valence-electron chi connectivity index (χ4n) is 3.84. The van der Waals surface area contributed by atoms with Gasteiger partial charge in [-0.3, -0.25) is 0 Å². The number of oxazole rings is 1. The molecule has 0 spiro atoms. The molecular formula is C27H26N4O2S. The first-order valence-corrected chi connectivity index (χ1v) is 12.2. The van der Waals surface area contributed by atoms with Gasteiger partial charge in [-0.05, 0) is 69.7 Å². The van der Waals surface area contributed by atoms with Crippen LogP contribution in [0.2, 0.25) is 0 Å². The zero-order valence-electron chi connectivity index (χ0n) is 19.7. The van der Waals surface area contributed by atoms with Gasteiger partial charge in [0.2, 0.25) is 5.89 Å². The molecule has 3 heterocycles. The molecular weight excluding hydrogens is 444 g/mol. The lowest BCUT2D eigenvalue weighted by Gasteiger charge is -2.03. The van der Waals surface area contributed by atoms with Crippen LogP contribution in [0, 0.1) is 20.8 Å². The van der Waals surface area contributed by atoms with Crippen molar-refractivity contribution >= 4 is 17.3 Å². The number of aromatic nitrogens is 4. The van der Waals surface area contributed by atoms with E-state index in [2.05, 4.69) is 43.1 Å². The first-order chi connectivity index (χ1) is 16.5. The summed E-state index contributed by atoms with van der Waals surface area (Å²) in [5, 5.41) is 5.71. The fraction of sp³-hybridized carbons (Fsp3) is 0.222. The number of benzene rings is 2. The molecule has 2 aromatic carbocycles. The highest BCUT2D eigenvalue weighted by Gasteiger charge is 2.15. The lowest BCUT2D eigenvalue weighted by Crippen LogP contribution is -1.92. The molecule has 0 aliphatic heterocycles. The van der Waals surface area contributed by atoms with Crippen molar-refractivity contribution in [2.24, 2.45) is 0 Å². The first kappa shape index (κ1) is 22.2. The van der Waals surface area contributed by atoms with E-state index in [0.29, 0.717) is 18.3 Å². The summed E-state index contributed by atoms with van der Waals surface area (Å²) in [6, 6.07) is 16.4. The van der Waals surface area contributed by atoms with Crippen LogP contribution >= 0.6 is 11.8 Å². The molecule has 0 amide bonds. The number of nitrogens with zero attached hydrogens (tertiary/aromatic N) is 4. The molecule has 5 aromatic rings. The fourth-order valence-corrected chi connectivity index (χ4v) is 4.81. The van der Waals surface area contributed by atoms with Crippen LogP contribution in [0.1, 0.15) is 29.5 Å². The molecule has 0 radical (unpaired) electrons. The van der Waals surface area contributed by atoms with Crippen LogP contribution in [0.4, 0.5) is 0 Å². The van der Waals surface area contributed by atoms with Crippen molar-refractivity contribution in [3.8, 4) is 28.5 Å². The predicted octanol–water partition coefficient (Wildman–Crippen LogP) is 6.67. The molecule has 0 N–H and O–H groups in total. The van der Waals surface area contributed by atoms with Crippen LogP contribution < -0.4 is 4.74 Å². The highest BCUT2D eigenvalue weighted by atomic mass is 32.2. The molecule has 7 heteroatoms. The number of fused-ring (bicyclic) bond motifs is 1. The summed E-state index contributed by atoms with van der Waals surface area (Å²) in [4.78, 5) is 9.37. The Morgan fingerprint density at radius 2 is 1.85 bits per heavy atom. The molecule has 172 valence electrons. The van der Waals surface area contributed by atoms with E-state index in [9.17, 15) is 0 Å². The van der Waals surface area contributed by atoms with Crippen molar-refractivity contribution in [3.63, 3.8) is 0 Å². The van der Waals surface area contributed by atoms with Gasteiger partial charge in [0, 0.05) is 29.3 Å². The van der Waals surface area contributed by atoms with Crippen LogP contribution in [-0.2, 0) is 5.75 Å². The number of hydrogen-bond donors (Lipinski definition) is 0. The van der Waals surface area contributed by atoms with Crippen LogP contribution in [0.25, 0.3) is 28.2 Å². The van der Waals surface area contributed by atoms with Gasteiger partial charge in [-0.15, -0.1) is 0 Å². The van der Waals surface area contributed by atoms with Gasteiger partial charge in [0.15, 0.2) is 0 Å². The molecule has 0 aliphatic rings. The van der Waals surface area contributed by atoms with Gasteiger partial charge in [0.05, 0.1) is 23.5 Å². The number of hydrogen-bond acceptors (Lipinski definition) is 6. The van der Waals surface area contributed by atoms with E-state index in [4.69, 9.17) is 19.2 Å². The third-order valence-corrected chi connectivity index (χ3v) is 6.68. The van der Waals surface area contributed by atoms with E-state index in [1.165, 1.54) is 11.1 Å². The third kappa shape index (κ3) is 4.43. The minimum atomic E-state index is 0.615. The number of thioether (sulfide) groups is 1. The monoisotopic (exact) mass is 470 g/mol. The Hall–Kier alpha value is -3.58. The summed E-state index contributed by atoms with van der Waals surface area (Å²) in [6.45, 7) is 8.78. The van der Waals surface area contributed by atoms with Gasteiger partial charge in [0.1, 0.15) is 16.5 Å². The van der Waals surface area contributed by atoms with E-state index in [1.54, 1.807) is 18.0 Å². The summed E-state index contributed by atoms with van der Waals surface area (Å²) in [5.74, 6) is 2.92. The van der Waals surface area contributed by atoms with Gasteiger partial charge >= 0.3 is 0 Å². The molecule has 0 fully saturated rings. The Morgan fingerprint density at radius 3 is 2.65 bits per heavy atom. The van der Waals surface area contributed by atoms with E-state index in [0.717, 1.165) is 44.6 Å². The Morgan fingerprint density at radius 1 is 1.03 bits per heavy atom. The van der Waals surface area contributed by atoms with Crippen molar-refractivity contribution in [2.75, 3.05) is 6.61 Å². The summed E-state index contributed by atoms with van der Waals surface area (Å²) >= 11 is 1.64. The van der Waals surface area contributed by atoms with Crippen molar-refractivity contribution in [1.82, 2.24) is 19.6 Å². The Labute approximate surface area is 203 Å². The number of aryl methyl sites for hydroxylation is 3. The van der Waals surface area contributed by atoms with Crippen LogP contribution in [0.3, 0.4) is 0 Å². The minimum absolute atomic E-state index is 0.615. The van der Waals surface area contributed by atoms with Crippen LogP contribution in [0.5, 0.6) is 5.75 Å². The smallest absolute Gasteiger partial charge is 0.226 e. The molecule has 34 heavy (non-hydrogen) atoms. The normalized spacial score (nSPS) is 11.3. The van der Waals surface area contributed by atoms with Crippen LogP contribution in [-0.4, -0.2) is 26.2 Å². The second-order valence-corrected chi connectivity index (χ2v) is 9.14. The highest BCUT2D eigenvalue weighted by molar-refractivity contribution is 7.98. The second kappa shape index (κ2) is 9.35. The topological polar surface area (TPSA) is 65.5 Å². The van der Waals surface area contributed by atoms with Crippen molar-refractivity contribution < 1.29 is 9.15 Å². The Bertz CT molecular complexity index is 1450. The number of ether oxygens (including phenoxy) is 1. The van der Waals surface area contributed by atoms with Gasteiger partial charge in [-0.25, -0.2) is 14.5 Å². The maximum absolute atomic E-state index is 5.96. The van der Waals surface area contributed by atoms with Crippen molar-refractivity contribution in [1.29, 1.82) is 0 Å². The SMILES string of the molecule is CCOc1ccc(-c2nc(CSc3nccn4nc(-c5cc(C)ccc5C)cc34)c(C)o2)cc1. The zero-order chi connectivity index (χ0) is 23.7. The van der Waals surface area contributed by atoms with Crippen molar-refractivity contribution in [2.45, 2.75) is 38.5 Å². The van der Waals surface area contributed by atoms with Gasteiger partial charge < -0.3 is 9.15 Å². The minimum Gasteiger partial charge on any atom is -0.494 e. The summed E-state index contributed by atoms with van der Waals surface area (Å²) in [7, 11) is 0. The summed E-state index contributed by atoms with van der Waals surface area (Å²) < 4.78 is 13.4. The zero-order valence-corrected chi connectivity index (χ0v) is 20.5. The predicted molar refractivity (Wildman–Crippen MR) is 135 cm³/mol. The Balaban J connectivity index is 1.38. The molecule has 0 saturated carbocycles. The molecule has 0 unspecified atom stereocenters. The average molecular weight is 471 g/mol. The largest absolute Gasteiger partial charge is 0.494 e. The standard InChI is InChI=1S/C27H26N4O2S/c1-5-32-21-10-8-20(9-11-21)26-29-24(19(4)33-26)16-34-27-25-15-23(30-31(25)13-12-28-27)22-14-17(2)6-7-18(22)3/h6-15H,5,16H2,1-4H3. The van der Waals surface area contributed by atoms with Gasteiger partial charge in [0.25, 0.3) is 0 Å². The highest BCUT2D eigenvalue weighted by Crippen LogP contribution is 2.31.